The van der Waals surface area contributed by atoms with Gasteiger partial charge in [-0.3, -0.25) is 4.98 Å². The molecule has 3 rings (SSSR count). The summed E-state index contributed by atoms with van der Waals surface area (Å²) in [5.74, 6) is 1.60. The van der Waals surface area contributed by atoms with Crippen LogP contribution in [0.15, 0.2) is 48.7 Å². The summed E-state index contributed by atoms with van der Waals surface area (Å²) in [5.41, 5.74) is 2.50. The largest absolute Gasteiger partial charge is 0.497 e. The van der Waals surface area contributed by atoms with E-state index in [1.54, 1.807) is 7.11 Å². The van der Waals surface area contributed by atoms with Crippen LogP contribution in [0.25, 0.3) is 0 Å². The molecule has 1 aliphatic carbocycles. The third-order valence-corrected chi connectivity index (χ3v) is 4.32. The second kappa shape index (κ2) is 6.27. The Kier molecular flexibility index (Phi) is 4.20. The zero-order chi connectivity index (χ0) is 14.7. The van der Waals surface area contributed by atoms with Crippen LogP contribution in [-0.2, 0) is 0 Å². The van der Waals surface area contributed by atoms with Crippen LogP contribution in [-0.4, -0.2) is 18.1 Å². The van der Waals surface area contributed by atoms with Gasteiger partial charge in [0.15, 0.2) is 0 Å². The average Bonchev–Trinajstić information content (AvgIpc) is 2.51. The fourth-order valence-corrected chi connectivity index (χ4v) is 2.99. The molecule has 1 fully saturated rings. The highest BCUT2D eigenvalue weighted by Gasteiger charge is 2.31. The molecule has 1 atom stereocenters. The summed E-state index contributed by atoms with van der Waals surface area (Å²) < 4.78 is 5.30. The summed E-state index contributed by atoms with van der Waals surface area (Å²) in [6.45, 7) is 2.18. The Morgan fingerprint density at radius 1 is 1.19 bits per heavy atom. The van der Waals surface area contributed by atoms with Crippen molar-refractivity contribution in [3.05, 3.63) is 59.9 Å². The molecule has 21 heavy (non-hydrogen) atoms. The van der Waals surface area contributed by atoms with Gasteiger partial charge >= 0.3 is 0 Å². The second-order valence-corrected chi connectivity index (χ2v) is 5.78. The van der Waals surface area contributed by atoms with Gasteiger partial charge in [-0.2, -0.15) is 0 Å². The summed E-state index contributed by atoms with van der Waals surface area (Å²) in [4.78, 5) is 4.41. The minimum Gasteiger partial charge on any atom is -0.497 e. The second-order valence-electron chi connectivity index (χ2n) is 5.78. The zero-order valence-electron chi connectivity index (χ0n) is 12.6. The van der Waals surface area contributed by atoms with E-state index >= 15 is 0 Å². The van der Waals surface area contributed by atoms with Crippen molar-refractivity contribution in [3.8, 4) is 5.75 Å². The third kappa shape index (κ3) is 3.24. The Morgan fingerprint density at radius 3 is 2.76 bits per heavy atom. The number of nitrogens with zero attached hydrogens (tertiary/aromatic N) is 1. The predicted molar refractivity (Wildman–Crippen MR) is 84.5 cm³/mol. The van der Waals surface area contributed by atoms with Crippen molar-refractivity contribution in [1.82, 2.24) is 10.3 Å². The summed E-state index contributed by atoms with van der Waals surface area (Å²) in [5, 5.41) is 3.67. The molecule has 1 aliphatic rings. The number of methoxy groups -OCH3 is 1. The maximum Gasteiger partial charge on any atom is 0.119 e. The summed E-state index contributed by atoms with van der Waals surface area (Å²) in [7, 11) is 1.72. The molecule has 0 bridgehead atoms. The first-order valence-electron chi connectivity index (χ1n) is 7.57. The van der Waals surface area contributed by atoms with Crippen LogP contribution in [0.1, 0.15) is 43.0 Å². The summed E-state index contributed by atoms with van der Waals surface area (Å²) >= 11 is 0. The number of pyridine rings is 1. The highest BCUT2D eigenvalue weighted by Crippen LogP contribution is 2.38. The molecule has 3 heteroatoms. The molecule has 0 unspecified atom stereocenters. The minimum atomic E-state index is 0.308. The first-order valence-corrected chi connectivity index (χ1v) is 7.57. The highest BCUT2D eigenvalue weighted by molar-refractivity contribution is 5.32. The van der Waals surface area contributed by atoms with E-state index in [0.717, 1.165) is 11.4 Å². The van der Waals surface area contributed by atoms with E-state index < -0.39 is 0 Å². The van der Waals surface area contributed by atoms with Gasteiger partial charge in [-0.15, -0.1) is 0 Å². The molecule has 1 N–H and O–H groups in total. The van der Waals surface area contributed by atoms with Gasteiger partial charge in [-0.1, -0.05) is 18.2 Å². The lowest BCUT2D eigenvalue weighted by atomic mass is 9.75. The van der Waals surface area contributed by atoms with Gasteiger partial charge in [-0.25, -0.2) is 0 Å². The van der Waals surface area contributed by atoms with Crippen molar-refractivity contribution in [1.29, 1.82) is 0 Å². The molecular weight excluding hydrogens is 260 g/mol. The third-order valence-electron chi connectivity index (χ3n) is 4.32. The van der Waals surface area contributed by atoms with Crippen LogP contribution in [0.4, 0.5) is 0 Å². The lowest BCUT2D eigenvalue weighted by Crippen LogP contribution is -2.41. The Morgan fingerprint density at radius 2 is 2.05 bits per heavy atom. The van der Waals surface area contributed by atoms with Crippen molar-refractivity contribution in [2.24, 2.45) is 0 Å². The number of hydrogen-bond donors (Lipinski definition) is 1. The van der Waals surface area contributed by atoms with Gasteiger partial charge in [0.2, 0.25) is 0 Å². The van der Waals surface area contributed by atoms with E-state index in [1.807, 2.05) is 24.4 Å². The molecule has 0 saturated heterocycles. The number of nitrogens with one attached hydrogen (secondary N) is 1. The van der Waals surface area contributed by atoms with Crippen molar-refractivity contribution < 1.29 is 4.74 Å². The number of rotatable bonds is 5. The Balaban J connectivity index is 1.54. The maximum atomic E-state index is 5.30. The maximum absolute atomic E-state index is 5.30. The fraction of sp³-hybridized carbons (Fsp3) is 0.389. The van der Waals surface area contributed by atoms with Gasteiger partial charge in [0.05, 0.1) is 12.8 Å². The molecule has 3 nitrogen and oxygen atoms in total. The SMILES string of the molecule is COc1cccc(C2CC(N[C@@H](C)c3ccccn3)C2)c1. The first kappa shape index (κ1) is 14.1. The summed E-state index contributed by atoms with van der Waals surface area (Å²) in [6, 6.07) is 15.4. The van der Waals surface area contributed by atoms with Crippen molar-refractivity contribution in [2.45, 2.75) is 37.8 Å². The molecule has 2 aromatic rings. The zero-order valence-corrected chi connectivity index (χ0v) is 12.6. The molecule has 0 amide bonds. The lowest BCUT2D eigenvalue weighted by molar-refractivity contribution is 0.269. The normalized spacial score (nSPS) is 22.4. The average molecular weight is 282 g/mol. The Hall–Kier alpha value is -1.87. The van der Waals surface area contributed by atoms with Crippen molar-refractivity contribution >= 4 is 0 Å². The van der Waals surface area contributed by atoms with E-state index in [1.165, 1.54) is 18.4 Å². The minimum absolute atomic E-state index is 0.308. The number of benzene rings is 1. The predicted octanol–water partition coefficient (Wildman–Crippen LogP) is 3.69. The monoisotopic (exact) mass is 282 g/mol. The van der Waals surface area contributed by atoms with Crippen LogP contribution < -0.4 is 10.1 Å². The number of aromatic nitrogens is 1. The van der Waals surface area contributed by atoms with E-state index in [0.29, 0.717) is 18.0 Å². The van der Waals surface area contributed by atoms with Gasteiger partial charge in [0.1, 0.15) is 5.75 Å². The van der Waals surface area contributed by atoms with Crippen LogP contribution in [0.2, 0.25) is 0 Å². The van der Waals surface area contributed by atoms with E-state index in [-0.39, 0.29) is 0 Å². The van der Waals surface area contributed by atoms with Crippen molar-refractivity contribution in [2.75, 3.05) is 7.11 Å². The molecule has 0 aliphatic heterocycles. The molecule has 1 heterocycles. The molecular formula is C18H22N2O. The quantitative estimate of drug-likeness (QED) is 0.908. The van der Waals surface area contributed by atoms with Crippen LogP contribution in [0.3, 0.4) is 0 Å². The lowest BCUT2D eigenvalue weighted by Gasteiger charge is -2.38. The Labute approximate surface area is 126 Å². The van der Waals surface area contributed by atoms with Gasteiger partial charge in [0, 0.05) is 18.3 Å². The van der Waals surface area contributed by atoms with Crippen LogP contribution >= 0.6 is 0 Å². The molecule has 0 spiro atoms. The molecule has 110 valence electrons. The fourth-order valence-electron chi connectivity index (χ4n) is 2.99. The molecule has 1 aromatic heterocycles. The van der Waals surface area contributed by atoms with Crippen molar-refractivity contribution in [3.63, 3.8) is 0 Å². The van der Waals surface area contributed by atoms with Crippen LogP contribution in [0.5, 0.6) is 5.75 Å². The smallest absolute Gasteiger partial charge is 0.119 e. The van der Waals surface area contributed by atoms with Gasteiger partial charge < -0.3 is 10.1 Å². The number of ether oxygens (including phenoxy) is 1. The standard InChI is InChI=1S/C18H22N2O/c1-13(18-8-3-4-9-19-18)20-16-10-15(11-16)14-6-5-7-17(12-14)21-2/h3-9,12-13,15-16,20H,10-11H2,1-2H3/t13-,15?,16?/m0/s1. The van der Waals surface area contributed by atoms with Gasteiger partial charge in [0.25, 0.3) is 0 Å². The van der Waals surface area contributed by atoms with E-state index in [4.69, 9.17) is 4.74 Å². The summed E-state index contributed by atoms with van der Waals surface area (Å²) in [6.07, 6.45) is 4.22. The molecule has 1 saturated carbocycles. The number of hydrogen-bond acceptors (Lipinski definition) is 3. The highest BCUT2D eigenvalue weighted by atomic mass is 16.5. The van der Waals surface area contributed by atoms with E-state index in [2.05, 4.69) is 41.5 Å². The molecule has 1 aromatic carbocycles. The Bertz CT molecular complexity index is 579. The van der Waals surface area contributed by atoms with Crippen LogP contribution in [0, 0.1) is 0 Å². The molecule has 0 radical (unpaired) electrons. The first-order chi connectivity index (χ1) is 10.3. The van der Waals surface area contributed by atoms with E-state index in [9.17, 15) is 0 Å². The topological polar surface area (TPSA) is 34.1 Å². The van der Waals surface area contributed by atoms with Gasteiger partial charge in [-0.05, 0) is 55.5 Å².